The highest BCUT2D eigenvalue weighted by Gasteiger charge is 2.29. The van der Waals surface area contributed by atoms with Crippen LogP contribution in [0, 0.1) is 46.5 Å². The Labute approximate surface area is 329 Å². The Hall–Kier alpha value is -7.08. The maximum absolute atomic E-state index is 13.4. The molecular formula is C40H30F8N6O3S. The number of hydrogen-bond acceptors (Lipinski definition) is 7. The fraction of sp³-hybridized carbons (Fsp3) is 0.0250. The molecule has 3 amide bonds. The third kappa shape index (κ3) is 11.0. The molecule has 0 aliphatic carbocycles. The molecule has 0 bridgehead atoms. The van der Waals surface area contributed by atoms with Crippen molar-refractivity contribution in [3.8, 4) is 0 Å². The first-order chi connectivity index (χ1) is 27.5. The van der Waals surface area contributed by atoms with Crippen LogP contribution < -0.4 is 33.2 Å². The number of nitrogens with two attached hydrogens (primary N) is 3. The molecule has 18 heteroatoms. The highest BCUT2D eigenvalue weighted by molar-refractivity contribution is 7.98. The summed E-state index contributed by atoms with van der Waals surface area (Å²) in [6.45, 7) is 0. The molecule has 0 heterocycles. The van der Waals surface area contributed by atoms with E-state index in [1.54, 1.807) is 36.0 Å². The van der Waals surface area contributed by atoms with Crippen molar-refractivity contribution in [2.45, 2.75) is 4.90 Å². The molecule has 0 radical (unpaired) electrons. The summed E-state index contributed by atoms with van der Waals surface area (Å²) in [5.74, 6) is -18.1. The van der Waals surface area contributed by atoms with Crippen LogP contribution >= 0.6 is 11.8 Å². The minimum Gasteiger partial charge on any atom is -0.399 e. The third-order valence-corrected chi connectivity index (χ3v) is 8.37. The van der Waals surface area contributed by atoms with E-state index in [9.17, 15) is 49.5 Å². The number of carbonyl (C=O) groups excluding carboxylic acids is 3. The number of anilines is 6. The van der Waals surface area contributed by atoms with Gasteiger partial charge in [-0.2, -0.15) is 0 Å². The number of nitrogens with one attached hydrogen (secondary N) is 3. The lowest BCUT2D eigenvalue weighted by Gasteiger charge is -2.09. The molecule has 9 N–H and O–H groups in total. The molecular weight excluding hydrogens is 797 g/mol. The molecule has 0 spiro atoms. The number of thioether (sulfide) groups is 1. The molecule has 6 aromatic carbocycles. The molecule has 0 fully saturated rings. The van der Waals surface area contributed by atoms with Crippen LogP contribution in [0.25, 0.3) is 0 Å². The molecule has 0 saturated heterocycles. The highest BCUT2D eigenvalue weighted by atomic mass is 32.2. The van der Waals surface area contributed by atoms with E-state index in [1.807, 2.05) is 35.8 Å². The largest absolute Gasteiger partial charge is 0.399 e. The summed E-state index contributed by atoms with van der Waals surface area (Å²) in [6, 6.07) is 27.7. The number of amides is 3. The van der Waals surface area contributed by atoms with E-state index < -0.39 is 69.5 Å². The maximum Gasteiger partial charge on any atom is 0.261 e. The molecule has 0 saturated carbocycles. The average Bonchev–Trinajstić information content (AvgIpc) is 3.21. The predicted octanol–water partition coefficient (Wildman–Crippen LogP) is 9.40. The molecule has 6 aromatic rings. The van der Waals surface area contributed by atoms with Crippen molar-refractivity contribution in [1.29, 1.82) is 0 Å². The summed E-state index contributed by atoms with van der Waals surface area (Å²) >= 11 is 1.56. The number of nitrogen functional groups attached to an aromatic ring is 3. The first-order valence-corrected chi connectivity index (χ1v) is 17.5. The van der Waals surface area contributed by atoms with E-state index in [-0.39, 0.29) is 11.6 Å². The number of benzene rings is 6. The van der Waals surface area contributed by atoms with Gasteiger partial charge in [0, 0.05) is 39.0 Å². The Morgan fingerprint density at radius 3 is 1.24 bits per heavy atom. The van der Waals surface area contributed by atoms with Crippen molar-refractivity contribution in [1.82, 2.24) is 0 Å². The summed E-state index contributed by atoms with van der Waals surface area (Å²) in [4.78, 5) is 36.5. The van der Waals surface area contributed by atoms with Gasteiger partial charge in [0.15, 0.2) is 40.7 Å². The van der Waals surface area contributed by atoms with Gasteiger partial charge in [0.2, 0.25) is 5.82 Å². The zero-order valence-corrected chi connectivity index (χ0v) is 30.6. The monoisotopic (exact) mass is 826 g/mol. The standard InChI is InChI=1S/C14H14N2OS.C13H7F5N2O.C13H9F3N2O/c1-18-13-5-3-2-4-12(13)14(17)16-11-8-6-10(15)7-9-11;14-8-7(9(15)11(17)12(18)10(8)16)13(21)20-6-3-1-5(19)2-4-6;14-10-6-5-9(11(15)12(10)16)13(19)18-8-3-1-7(17)2-4-8/h2-9H,15H2,1H3,(H,16,17);1-4H,19H2,(H,20,21);1-6H,17H2,(H,18,19). The van der Waals surface area contributed by atoms with Gasteiger partial charge >= 0.3 is 0 Å². The molecule has 0 aliphatic heterocycles. The Morgan fingerprint density at radius 2 is 0.810 bits per heavy atom. The molecule has 0 aliphatic rings. The Kier molecular flexibility index (Phi) is 14.8. The van der Waals surface area contributed by atoms with Crippen molar-refractivity contribution >= 4 is 63.6 Å². The van der Waals surface area contributed by atoms with Crippen molar-refractivity contribution < 1.29 is 49.5 Å². The van der Waals surface area contributed by atoms with E-state index in [1.165, 1.54) is 48.5 Å². The minimum absolute atomic E-state index is 0.0816. The van der Waals surface area contributed by atoms with E-state index in [2.05, 4.69) is 10.6 Å². The minimum atomic E-state index is -2.32. The second kappa shape index (κ2) is 19.7. The smallest absolute Gasteiger partial charge is 0.261 e. The fourth-order valence-electron chi connectivity index (χ4n) is 4.63. The molecule has 58 heavy (non-hydrogen) atoms. The van der Waals surface area contributed by atoms with Crippen LogP contribution in [0.15, 0.2) is 114 Å². The first kappa shape index (κ1) is 43.6. The maximum atomic E-state index is 13.4. The summed E-state index contributed by atoms with van der Waals surface area (Å²) in [5, 5.41) is 7.21. The average molecular weight is 827 g/mol. The van der Waals surface area contributed by atoms with Crippen molar-refractivity contribution in [3.05, 3.63) is 172 Å². The third-order valence-electron chi connectivity index (χ3n) is 7.57. The quantitative estimate of drug-likeness (QED) is 0.0307. The Morgan fingerprint density at radius 1 is 0.431 bits per heavy atom. The molecule has 300 valence electrons. The SMILES string of the molecule is CSc1ccccc1C(=O)Nc1ccc(N)cc1.Nc1ccc(NC(=O)c2c(F)c(F)c(F)c(F)c2F)cc1.Nc1ccc(NC(=O)c2ccc(F)c(F)c2F)cc1. The summed E-state index contributed by atoms with van der Waals surface area (Å²) in [6.07, 6.45) is 1.95. The van der Waals surface area contributed by atoms with Crippen LogP contribution in [-0.4, -0.2) is 24.0 Å². The Bertz CT molecular complexity index is 2410. The van der Waals surface area contributed by atoms with E-state index in [0.29, 0.717) is 34.4 Å². The van der Waals surface area contributed by atoms with Gasteiger partial charge in [0.05, 0.1) is 11.1 Å². The number of rotatable bonds is 7. The van der Waals surface area contributed by atoms with Gasteiger partial charge in [0.1, 0.15) is 5.56 Å². The molecule has 0 aromatic heterocycles. The van der Waals surface area contributed by atoms with Crippen LogP contribution in [-0.2, 0) is 0 Å². The second-order valence-corrected chi connectivity index (χ2v) is 12.4. The normalized spacial score (nSPS) is 10.3. The lowest BCUT2D eigenvalue weighted by atomic mass is 10.1. The van der Waals surface area contributed by atoms with E-state index in [4.69, 9.17) is 17.2 Å². The van der Waals surface area contributed by atoms with Crippen LogP contribution in [0.3, 0.4) is 0 Å². The van der Waals surface area contributed by atoms with Crippen LogP contribution in [0.2, 0.25) is 0 Å². The van der Waals surface area contributed by atoms with Gasteiger partial charge in [-0.1, -0.05) is 12.1 Å². The zero-order chi connectivity index (χ0) is 42.7. The summed E-state index contributed by atoms with van der Waals surface area (Å²) in [7, 11) is 0. The van der Waals surface area contributed by atoms with Gasteiger partial charge in [-0.25, -0.2) is 35.1 Å². The topological polar surface area (TPSA) is 165 Å². The second-order valence-electron chi connectivity index (χ2n) is 11.6. The predicted molar refractivity (Wildman–Crippen MR) is 207 cm³/mol. The van der Waals surface area contributed by atoms with Gasteiger partial charge in [-0.05, 0) is 103 Å². The number of hydrogen-bond donors (Lipinski definition) is 6. The first-order valence-electron chi connectivity index (χ1n) is 16.3. The lowest BCUT2D eigenvalue weighted by Crippen LogP contribution is -2.19. The van der Waals surface area contributed by atoms with Gasteiger partial charge in [0.25, 0.3) is 17.7 Å². The van der Waals surface area contributed by atoms with E-state index >= 15 is 0 Å². The zero-order valence-electron chi connectivity index (χ0n) is 29.8. The molecule has 0 atom stereocenters. The van der Waals surface area contributed by atoms with Gasteiger partial charge < -0.3 is 33.2 Å². The van der Waals surface area contributed by atoms with Crippen molar-refractivity contribution in [2.24, 2.45) is 0 Å². The molecule has 9 nitrogen and oxygen atoms in total. The van der Waals surface area contributed by atoms with Crippen LogP contribution in [0.1, 0.15) is 31.1 Å². The van der Waals surface area contributed by atoms with Crippen LogP contribution in [0.5, 0.6) is 0 Å². The summed E-state index contributed by atoms with van der Waals surface area (Å²) < 4.78 is 105. The molecule has 0 unspecified atom stereocenters. The van der Waals surface area contributed by atoms with Crippen molar-refractivity contribution in [2.75, 3.05) is 39.4 Å². The summed E-state index contributed by atoms with van der Waals surface area (Å²) in [5.41, 5.74) is 17.7. The van der Waals surface area contributed by atoms with E-state index in [0.717, 1.165) is 16.6 Å². The number of halogens is 8. The Balaban J connectivity index is 0.000000193. The highest BCUT2D eigenvalue weighted by Crippen LogP contribution is 2.25. The van der Waals surface area contributed by atoms with Crippen molar-refractivity contribution in [3.63, 3.8) is 0 Å². The lowest BCUT2D eigenvalue weighted by molar-refractivity contribution is 0.100. The molecule has 6 rings (SSSR count). The van der Waals surface area contributed by atoms with Gasteiger partial charge in [-0.3, -0.25) is 14.4 Å². The van der Waals surface area contributed by atoms with Crippen LogP contribution in [0.4, 0.5) is 69.2 Å². The fourth-order valence-corrected chi connectivity index (χ4v) is 5.22. The van der Waals surface area contributed by atoms with Gasteiger partial charge in [-0.15, -0.1) is 11.8 Å². The number of carbonyl (C=O) groups is 3.